The zero-order chi connectivity index (χ0) is 19.1. The van der Waals surface area contributed by atoms with Crippen LogP contribution < -0.4 is 4.90 Å². The van der Waals surface area contributed by atoms with Crippen molar-refractivity contribution in [1.82, 2.24) is 4.57 Å². The monoisotopic (exact) mass is 456 g/mol. The van der Waals surface area contributed by atoms with Gasteiger partial charge in [-0.3, -0.25) is 9.69 Å². The first-order valence-corrected chi connectivity index (χ1v) is 10.6. The minimum atomic E-state index is -0.0792. The number of thioether (sulfide) groups is 1. The normalized spacial score (nSPS) is 16.3. The molecule has 2 aromatic carbocycles. The van der Waals surface area contributed by atoms with E-state index >= 15 is 0 Å². The van der Waals surface area contributed by atoms with Crippen LogP contribution >= 0.6 is 39.9 Å². The topological polar surface area (TPSA) is 25.2 Å². The standard InChI is InChI=1S/C21H17BrN2OS2/c1-13(2)23-12-14(17-8-3-4-9-18(17)23)10-19-20(25)24(21(26)27-19)16-7-5-6-15(22)11-16/h3-13H,1-2H3/b19-10+. The van der Waals surface area contributed by atoms with Gasteiger partial charge in [0.05, 0.1) is 10.6 Å². The number of aromatic nitrogens is 1. The molecule has 0 unspecified atom stereocenters. The fourth-order valence-electron chi connectivity index (χ4n) is 3.22. The fraction of sp³-hybridized carbons (Fsp3) is 0.143. The van der Waals surface area contributed by atoms with Gasteiger partial charge in [0.25, 0.3) is 5.91 Å². The van der Waals surface area contributed by atoms with Gasteiger partial charge in [0.2, 0.25) is 0 Å². The van der Waals surface area contributed by atoms with Crippen molar-refractivity contribution in [2.24, 2.45) is 0 Å². The molecule has 1 fully saturated rings. The van der Waals surface area contributed by atoms with Gasteiger partial charge in [-0.2, -0.15) is 0 Å². The molecular formula is C21H17BrN2OS2. The summed E-state index contributed by atoms with van der Waals surface area (Å²) in [5.41, 5.74) is 2.98. The molecule has 0 bridgehead atoms. The van der Waals surface area contributed by atoms with Gasteiger partial charge < -0.3 is 4.57 Å². The Morgan fingerprint density at radius 1 is 1.15 bits per heavy atom. The van der Waals surface area contributed by atoms with E-state index in [-0.39, 0.29) is 5.91 Å². The molecule has 0 atom stereocenters. The third kappa shape index (κ3) is 3.37. The molecule has 2 heterocycles. The average Bonchev–Trinajstić information content (AvgIpc) is 3.13. The van der Waals surface area contributed by atoms with Gasteiger partial charge in [-0.25, -0.2) is 0 Å². The number of rotatable bonds is 3. The molecule has 1 aromatic heterocycles. The van der Waals surface area contributed by atoms with Gasteiger partial charge in [-0.05, 0) is 44.2 Å². The van der Waals surface area contributed by atoms with Crippen molar-refractivity contribution >= 4 is 72.8 Å². The summed E-state index contributed by atoms with van der Waals surface area (Å²) in [6.07, 6.45) is 4.07. The van der Waals surface area contributed by atoms with E-state index in [1.807, 2.05) is 42.5 Å². The molecule has 3 aromatic rings. The number of thiocarbonyl (C=S) groups is 1. The predicted octanol–water partition coefficient (Wildman–Crippen LogP) is 6.39. The second-order valence-electron chi connectivity index (χ2n) is 6.60. The molecule has 0 aliphatic carbocycles. The predicted molar refractivity (Wildman–Crippen MR) is 122 cm³/mol. The third-order valence-electron chi connectivity index (χ3n) is 4.47. The third-order valence-corrected chi connectivity index (χ3v) is 6.27. The maximum atomic E-state index is 13.0. The number of hydrogen-bond acceptors (Lipinski definition) is 3. The van der Waals surface area contributed by atoms with Crippen LogP contribution in [0, 0.1) is 0 Å². The maximum absolute atomic E-state index is 13.0. The number of anilines is 1. The second-order valence-corrected chi connectivity index (χ2v) is 9.19. The molecule has 4 rings (SSSR count). The molecule has 0 radical (unpaired) electrons. The summed E-state index contributed by atoms with van der Waals surface area (Å²) in [4.78, 5) is 15.3. The van der Waals surface area contributed by atoms with E-state index in [2.05, 4.69) is 52.7 Å². The molecule has 1 saturated heterocycles. The van der Waals surface area contributed by atoms with Crippen molar-refractivity contribution in [2.75, 3.05) is 4.90 Å². The van der Waals surface area contributed by atoms with E-state index in [0.717, 1.165) is 21.1 Å². The Morgan fingerprint density at radius 3 is 2.67 bits per heavy atom. The highest BCUT2D eigenvalue weighted by atomic mass is 79.9. The number of carbonyl (C=O) groups excluding carboxylic acids is 1. The Kier molecular flexibility index (Phi) is 4.97. The van der Waals surface area contributed by atoms with Crippen LogP contribution in [-0.2, 0) is 4.79 Å². The second kappa shape index (κ2) is 7.26. The summed E-state index contributed by atoms with van der Waals surface area (Å²) in [5.74, 6) is -0.0792. The Hall–Kier alpha value is -1.89. The number of amides is 1. The van der Waals surface area contributed by atoms with Crippen LogP contribution in [0.4, 0.5) is 5.69 Å². The molecule has 0 spiro atoms. The first-order valence-electron chi connectivity index (χ1n) is 8.59. The molecule has 0 N–H and O–H groups in total. The number of benzene rings is 2. The summed E-state index contributed by atoms with van der Waals surface area (Å²) in [6.45, 7) is 4.31. The summed E-state index contributed by atoms with van der Waals surface area (Å²) >= 11 is 10.3. The summed E-state index contributed by atoms with van der Waals surface area (Å²) in [6, 6.07) is 16.2. The lowest BCUT2D eigenvalue weighted by molar-refractivity contribution is -0.113. The van der Waals surface area contributed by atoms with Crippen LogP contribution in [0.3, 0.4) is 0 Å². The van der Waals surface area contributed by atoms with Crippen LogP contribution in [0.2, 0.25) is 0 Å². The van der Waals surface area contributed by atoms with Gasteiger partial charge in [0, 0.05) is 33.2 Å². The highest BCUT2D eigenvalue weighted by molar-refractivity contribution is 9.10. The molecule has 1 aliphatic rings. The van der Waals surface area contributed by atoms with Gasteiger partial charge in [-0.1, -0.05) is 64.2 Å². The van der Waals surface area contributed by atoms with E-state index < -0.39 is 0 Å². The molecule has 6 heteroatoms. The SMILES string of the molecule is CC(C)n1cc(/C=C2/SC(=S)N(c3cccc(Br)c3)C2=O)c2ccccc21. The van der Waals surface area contributed by atoms with Gasteiger partial charge >= 0.3 is 0 Å². The van der Waals surface area contributed by atoms with E-state index in [0.29, 0.717) is 15.3 Å². The number of nitrogens with zero attached hydrogens (tertiary/aromatic N) is 2. The summed E-state index contributed by atoms with van der Waals surface area (Å²) < 4.78 is 3.70. The number of halogens is 1. The number of para-hydroxylation sites is 1. The Labute approximate surface area is 176 Å². The fourth-order valence-corrected chi connectivity index (χ4v) is 4.90. The van der Waals surface area contributed by atoms with E-state index in [9.17, 15) is 4.79 Å². The van der Waals surface area contributed by atoms with Crippen molar-refractivity contribution in [3.8, 4) is 0 Å². The molecule has 0 saturated carbocycles. The van der Waals surface area contributed by atoms with Crippen molar-refractivity contribution in [3.05, 3.63) is 69.7 Å². The average molecular weight is 457 g/mol. The summed E-state index contributed by atoms with van der Waals surface area (Å²) in [5, 5.41) is 1.14. The lowest BCUT2D eigenvalue weighted by Gasteiger charge is -2.14. The minimum absolute atomic E-state index is 0.0792. The summed E-state index contributed by atoms with van der Waals surface area (Å²) in [7, 11) is 0. The highest BCUT2D eigenvalue weighted by Gasteiger charge is 2.33. The molecular weight excluding hydrogens is 440 g/mol. The molecule has 1 amide bonds. The number of hydrogen-bond donors (Lipinski definition) is 0. The lowest BCUT2D eigenvalue weighted by atomic mass is 10.1. The van der Waals surface area contributed by atoms with Crippen LogP contribution in [0.1, 0.15) is 25.5 Å². The van der Waals surface area contributed by atoms with Crippen LogP contribution in [0.15, 0.2) is 64.1 Å². The van der Waals surface area contributed by atoms with Crippen LogP contribution in [0.5, 0.6) is 0 Å². The van der Waals surface area contributed by atoms with Crippen molar-refractivity contribution in [1.29, 1.82) is 0 Å². The zero-order valence-corrected chi connectivity index (χ0v) is 18.1. The first kappa shape index (κ1) is 18.5. The quantitative estimate of drug-likeness (QED) is 0.337. The van der Waals surface area contributed by atoms with Crippen LogP contribution in [0.25, 0.3) is 17.0 Å². The van der Waals surface area contributed by atoms with Crippen molar-refractivity contribution < 1.29 is 4.79 Å². The Morgan fingerprint density at radius 2 is 1.93 bits per heavy atom. The maximum Gasteiger partial charge on any atom is 0.270 e. The molecule has 3 nitrogen and oxygen atoms in total. The van der Waals surface area contributed by atoms with Gasteiger partial charge in [0.15, 0.2) is 4.32 Å². The largest absolute Gasteiger partial charge is 0.344 e. The Balaban J connectivity index is 1.77. The smallest absolute Gasteiger partial charge is 0.270 e. The van der Waals surface area contributed by atoms with Gasteiger partial charge in [-0.15, -0.1) is 0 Å². The molecule has 136 valence electrons. The van der Waals surface area contributed by atoms with Crippen LogP contribution in [-0.4, -0.2) is 14.8 Å². The van der Waals surface area contributed by atoms with E-state index in [1.165, 1.54) is 17.3 Å². The van der Waals surface area contributed by atoms with E-state index in [4.69, 9.17) is 12.2 Å². The lowest BCUT2D eigenvalue weighted by Crippen LogP contribution is -2.27. The zero-order valence-electron chi connectivity index (χ0n) is 14.8. The minimum Gasteiger partial charge on any atom is -0.344 e. The van der Waals surface area contributed by atoms with Crippen molar-refractivity contribution in [2.45, 2.75) is 19.9 Å². The van der Waals surface area contributed by atoms with Crippen molar-refractivity contribution in [3.63, 3.8) is 0 Å². The first-order chi connectivity index (χ1) is 13.0. The van der Waals surface area contributed by atoms with Gasteiger partial charge in [0.1, 0.15) is 0 Å². The number of carbonyl (C=O) groups is 1. The Bertz CT molecular complexity index is 1100. The number of fused-ring (bicyclic) bond motifs is 1. The van der Waals surface area contributed by atoms with E-state index in [1.54, 1.807) is 4.90 Å². The molecule has 27 heavy (non-hydrogen) atoms. The molecule has 1 aliphatic heterocycles. The highest BCUT2D eigenvalue weighted by Crippen LogP contribution is 2.38.